The average molecular weight is 432 g/mol. The third-order valence-corrected chi connectivity index (χ3v) is 7.24. The summed E-state index contributed by atoms with van der Waals surface area (Å²) in [7, 11) is 1.35. The van der Waals surface area contributed by atoms with E-state index in [-0.39, 0.29) is 11.0 Å². The summed E-state index contributed by atoms with van der Waals surface area (Å²) in [5.74, 6) is 1.52. The molecule has 1 saturated carbocycles. The number of furan rings is 1. The van der Waals surface area contributed by atoms with Gasteiger partial charge in [0.25, 0.3) is 0 Å². The van der Waals surface area contributed by atoms with Crippen LogP contribution >= 0.6 is 23.1 Å². The van der Waals surface area contributed by atoms with Crippen LogP contribution in [0.1, 0.15) is 77.3 Å². The number of carbonyl (C=O) groups is 1. The van der Waals surface area contributed by atoms with Crippen molar-refractivity contribution >= 4 is 29.1 Å². The summed E-state index contributed by atoms with van der Waals surface area (Å²) >= 11 is 3.38. The van der Waals surface area contributed by atoms with E-state index in [0.29, 0.717) is 6.04 Å². The molecule has 1 atom stereocenters. The molecule has 6 nitrogen and oxygen atoms in total. The molecule has 1 aliphatic carbocycles. The first-order valence-electron chi connectivity index (χ1n) is 9.96. The number of thioether (sulfide) groups is 1. The number of hydrogen-bond acceptors (Lipinski definition) is 7. The van der Waals surface area contributed by atoms with E-state index in [0.717, 1.165) is 23.2 Å². The maximum absolute atomic E-state index is 11.7. The van der Waals surface area contributed by atoms with Crippen molar-refractivity contribution in [3.8, 4) is 0 Å². The van der Waals surface area contributed by atoms with Crippen LogP contribution in [0, 0.1) is 0 Å². The maximum atomic E-state index is 11.7. The summed E-state index contributed by atoms with van der Waals surface area (Å²) in [4.78, 5) is 13.0. The third-order valence-electron chi connectivity index (χ3n) is 5.28. The summed E-state index contributed by atoms with van der Waals surface area (Å²) in [5.41, 5.74) is 0. The summed E-state index contributed by atoms with van der Waals surface area (Å²) in [5, 5.41) is 12.1. The summed E-state index contributed by atoms with van der Waals surface area (Å²) in [6, 6.07) is 8.17. The highest BCUT2D eigenvalue weighted by atomic mass is 32.2. The van der Waals surface area contributed by atoms with E-state index in [1.54, 1.807) is 29.2 Å². The molecule has 3 aromatic heterocycles. The van der Waals surface area contributed by atoms with Gasteiger partial charge in [-0.05, 0) is 43.3 Å². The smallest absolute Gasteiger partial charge is 0.373 e. The molecule has 0 saturated heterocycles. The molecule has 0 amide bonds. The number of nitrogens with zero attached hydrogens (tertiary/aromatic N) is 3. The molecule has 0 aliphatic heterocycles. The summed E-state index contributed by atoms with van der Waals surface area (Å²) in [6.07, 6.45) is 6.96. The molecule has 4 rings (SSSR count). The van der Waals surface area contributed by atoms with Crippen molar-refractivity contribution in [2.75, 3.05) is 7.11 Å². The number of hydrogen-bond donors (Lipinski definition) is 0. The van der Waals surface area contributed by atoms with Crippen molar-refractivity contribution in [2.24, 2.45) is 0 Å². The van der Waals surface area contributed by atoms with E-state index in [2.05, 4.69) is 39.2 Å². The monoisotopic (exact) mass is 431 g/mol. The molecule has 0 radical (unpaired) electrons. The second kappa shape index (κ2) is 9.17. The Morgan fingerprint density at radius 2 is 2.14 bits per heavy atom. The molecule has 154 valence electrons. The van der Waals surface area contributed by atoms with Crippen LogP contribution in [0.3, 0.4) is 0 Å². The highest BCUT2D eigenvalue weighted by molar-refractivity contribution is 7.99. The molecule has 1 aliphatic rings. The first-order chi connectivity index (χ1) is 14.2. The number of carbonyl (C=O) groups excluding carboxylic acids is 1. The van der Waals surface area contributed by atoms with Crippen LogP contribution in [0.25, 0.3) is 0 Å². The van der Waals surface area contributed by atoms with Gasteiger partial charge < -0.3 is 13.7 Å². The fourth-order valence-corrected chi connectivity index (χ4v) is 5.50. The van der Waals surface area contributed by atoms with E-state index in [4.69, 9.17) is 9.15 Å². The lowest BCUT2D eigenvalue weighted by atomic mass is 9.95. The lowest BCUT2D eigenvalue weighted by Gasteiger charge is -2.26. The normalized spacial score (nSPS) is 16.1. The molecule has 3 aromatic rings. The zero-order valence-corrected chi connectivity index (χ0v) is 18.3. The zero-order chi connectivity index (χ0) is 20.2. The Balaban J connectivity index is 1.58. The van der Waals surface area contributed by atoms with Crippen LogP contribution in [0.15, 0.2) is 39.2 Å². The van der Waals surface area contributed by atoms with Gasteiger partial charge in [-0.3, -0.25) is 0 Å². The van der Waals surface area contributed by atoms with Crippen LogP contribution in [0.5, 0.6) is 0 Å². The molecular formula is C21H25N3O3S2. The number of rotatable bonds is 7. The van der Waals surface area contributed by atoms with Crippen LogP contribution in [0.2, 0.25) is 0 Å². The molecule has 1 unspecified atom stereocenters. The van der Waals surface area contributed by atoms with Crippen molar-refractivity contribution in [3.63, 3.8) is 0 Å². The van der Waals surface area contributed by atoms with Gasteiger partial charge in [-0.25, -0.2) is 4.79 Å². The van der Waals surface area contributed by atoms with E-state index >= 15 is 0 Å². The lowest BCUT2D eigenvalue weighted by molar-refractivity contribution is 0.0563. The fraction of sp³-hybridized carbons (Fsp3) is 0.476. The number of ether oxygens (including phenoxy) is 1. The van der Waals surface area contributed by atoms with Crippen LogP contribution in [-0.2, 0) is 11.2 Å². The van der Waals surface area contributed by atoms with E-state index in [1.807, 2.05) is 6.07 Å². The predicted molar refractivity (Wildman–Crippen MR) is 114 cm³/mol. The third kappa shape index (κ3) is 4.59. The average Bonchev–Trinajstić information content (AvgIpc) is 3.50. The van der Waals surface area contributed by atoms with Gasteiger partial charge in [0.05, 0.1) is 12.4 Å². The molecule has 8 heteroatoms. The lowest BCUT2D eigenvalue weighted by Crippen LogP contribution is -2.17. The molecule has 0 aromatic carbocycles. The molecule has 0 bridgehead atoms. The molecule has 0 N–H and O–H groups in total. The van der Waals surface area contributed by atoms with Gasteiger partial charge in [0.15, 0.2) is 5.16 Å². The Morgan fingerprint density at radius 3 is 2.86 bits per heavy atom. The molecule has 3 heterocycles. The Bertz CT molecular complexity index is 942. The predicted octanol–water partition coefficient (Wildman–Crippen LogP) is 5.67. The molecular weight excluding hydrogens is 406 g/mol. The van der Waals surface area contributed by atoms with Crippen molar-refractivity contribution < 1.29 is 13.9 Å². The number of methoxy groups -OCH3 is 1. The molecule has 29 heavy (non-hydrogen) atoms. The van der Waals surface area contributed by atoms with Gasteiger partial charge in [-0.2, -0.15) is 0 Å². The number of aromatic nitrogens is 3. The van der Waals surface area contributed by atoms with Crippen molar-refractivity contribution in [1.29, 1.82) is 0 Å². The fourth-order valence-electron chi connectivity index (χ4n) is 3.78. The van der Waals surface area contributed by atoms with Gasteiger partial charge in [0.2, 0.25) is 5.76 Å². The Morgan fingerprint density at radius 1 is 1.31 bits per heavy atom. The summed E-state index contributed by atoms with van der Waals surface area (Å²) in [6.45, 7) is 2.06. The second-order valence-corrected chi connectivity index (χ2v) is 9.61. The van der Waals surface area contributed by atoms with Crippen molar-refractivity contribution in [1.82, 2.24) is 14.8 Å². The standard InChI is InChI=1S/C21H25N3O3S2/c1-14(17-10-11-18(27-17)20(25)26-2)29-21-23-22-19(13-16-9-6-12-28-16)24(21)15-7-4-3-5-8-15/h6,9-12,14-15H,3-5,7-8,13H2,1-2H3. The Labute approximate surface area is 178 Å². The minimum Gasteiger partial charge on any atom is -0.463 e. The zero-order valence-electron chi connectivity index (χ0n) is 16.7. The second-order valence-electron chi connectivity index (χ2n) is 7.27. The van der Waals surface area contributed by atoms with E-state index in [9.17, 15) is 4.79 Å². The minimum atomic E-state index is -0.461. The summed E-state index contributed by atoms with van der Waals surface area (Å²) < 4.78 is 12.8. The minimum absolute atomic E-state index is 0.00883. The van der Waals surface area contributed by atoms with Gasteiger partial charge in [-0.15, -0.1) is 21.5 Å². The number of thiophene rings is 1. The largest absolute Gasteiger partial charge is 0.463 e. The molecule has 0 spiro atoms. The first-order valence-corrected chi connectivity index (χ1v) is 11.7. The van der Waals surface area contributed by atoms with Gasteiger partial charge in [0.1, 0.15) is 11.6 Å². The quantitative estimate of drug-likeness (QED) is 0.355. The van der Waals surface area contributed by atoms with Crippen molar-refractivity contribution in [2.45, 2.75) is 61.9 Å². The van der Waals surface area contributed by atoms with Gasteiger partial charge in [0, 0.05) is 17.3 Å². The van der Waals surface area contributed by atoms with Crippen LogP contribution < -0.4 is 0 Å². The Hall–Kier alpha value is -2.06. The van der Waals surface area contributed by atoms with Crippen molar-refractivity contribution in [3.05, 3.63) is 51.9 Å². The van der Waals surface area contributed by atoms with E-state index in [1.165, 1.54) is 44.1 Å². The van der Waals surface area contributed by atoms with E-state index < -0.39 is 5.97 Å². The highest BCUT2D eigenvalue weighted by Crippen LogP contribution is 2.39. The highest BCUT2D eigenvalue weighted by Gasteiger charge is 2.26. The van der Waals surface area contributed by atoms with Crippen LogP contribution in [-0.4, -0.2) is 27.8 Å². The van der Waals surface area contributed by atoms with Crippen LogP contribution in [0.4, 0.5) is 0 Å². The van der Waals surface area contributed by atoms with Gasteiger partial charge in [-0.1, -0.05) is 37.1 Å². The Kier molecular flexibility index (Phi) is 6.40. The maximum Gasteiger partial charge on any atom is 0.373 e. The topological polar surface area (TPSA) is 70.2 Å². The SMILES string of the molecule is COC(=O)c1ccc(C(C)Sc2nnc(Cc3cccs3)n2C2CCCCC2)o1. The first kappa shape index (κ1) is 20.2. The molecule has 1 fully saturated rings. The number of esters is 1. The van der Waals surface area contributed by atoms with Gasteiger partial charge >= 0.3 is 5.97 Å².